The molecule has 0 saturated carbocycles. The van der Waals surface area contributed by atoms with Crippen LogP contribution in [0.5, 0.6) is 0 Å². The second kappa shape index (κ2) is 11.5. The topological polar surface area (TPSA) is 288 Å². The van der Waals surface area contributed by atoms with Crippen LogP contribution < -0.4 is 11.5 Å². The first kappa shape index (κ1) is 29.0. The number of fused-ring (bicyclic) bond motifs is 2. The molecule has 0 amide bonds. The summed E-state index contributed by atoms with van der Waals surface area (Å²) in [6, 6.07) is 0. The van der Waals surface area contributed by atoms with Crippen LogP contribution in [0.1, 0.15) is 18.3 Å². The van der Waals surface area contributed by atoms with Crippen molar-refractivity contribution in [2.75, 3.05) is 31.3 Å². The number of hydrogen-bond donors (Lipinski definition) is 8. The summed E-state index contributed by atoms with van der Waals surface area (Å²) in [6.07, 6.45) is -7.86. The first-order chi connectivity index (χ1) is 20.7. The van der Waals surface area contributed by atoms with Crippen LogP contribution >= 0.6 is 0 Å². The summed E-state index contributed by atoms with van der Waals surface area (Å²) in [5.74, 6) is 5.73. The average molecular weight is 601 g/mol. The van der Waals surface area contributed by atoms with E-state index in [1.807, 2.05) is 0 Å². The molecule has 4 aromatic heterocycles. The molecule has 5 unspecified atom stereocenters. The van der Waals surface area contributed by atoms with E-state index >= 15 is 0 Å². The molecule has 4 aromatic rings. The first-order valence-electron chi connectivity index (χ1n) is 13.0. The number of aliphatic hydroxyl groups is 6. The Bertz CT molecular complexity index is 1690. The number of aromatic nitrogens is 8. The molecule has 0 bridgehead atoms. The number of nitrogens with two attached hydrogens (primary N) is 2. The van der Waals surface area contributed by atoms with E-state index in [0.717, 1.165) is 0 Å². The molecule has 228 valence electrons. The van der Waals surface area contributed by atoms with Crippen molar-refractivity contribution in [3.8, 4) is 11.8 Å². The van der Waals surface area contributed by atoms with Crippen LogP contribution in [0.2, 0.25) is 0 Å². The van der Waals surface area contributed by atoms with Gasteiger partial charge >= 0.3 is 0 Å². The Hall–Kier alpha value is -4.10. The summed E-state index contributed by atoms with van der Waals surface area (Å²) in [5, 5.41) is 62.1. The molecule has 2 fully saturated rings. The zero-order valence-electron chi connectivity index (χ0n) is 22.2. The fourth-order valence-corrected chi connectivity index (χ4v) is 5.08. The minimum absolute atomic E-state index is 0.0492. The lowest BCUT2D eigenvalue weighted by Gasteiger charge is -2.20. The lowest BCUT2D eigenvalue weighted by atomic mass is 10.1. The number of nitrogens with zero attached hydrogens (tertiary/aromatic N) is 8. The molecule has 0 aromatic carbocycles. The number of anilines is 2. The summed E-state index contributed by atoms with van der Waals surface area (Å²) in [5.41, 5.74) is 12.7. The summed E-state index contributed by atoms with van der Waals surface area (Å²) >= 11 is 0. The maximum Gasteiger partial charge on any atom is 0.190 e. The second-order valence-corrected chi connectivity index (χ2v) is 9.91. The van der Waals surface area contributed by atoms with E-state index in [1.54, 1.807) is 0 Å². The smallest absolute Gasteiger partial charge is 0.190 e. The summed E-state index contributed by atoms with van der Waals surface area (Å²) < 4.78 is 19.6. The third kappa shape index (κ3) is 4.99. The number of aliphatic hydroxyl groups excluding tert-OH is 6. The van der Waals surface area contributed by atoms with Crippen molar-refractivity contribution >= 4 is 34.0 Å². The molecule has 19 heteroatoms. The fraction of sp³-hybridized carbons (Fsp3) is 0.500. The standard InChI is InChI=1S/C24H28N10O9/c25-19-12-21(29-6-27-19)33(8-31-12)23-17(40)15(38)18(43-23)9(36)5-41-3-1-2-11-32-13-20(26)28-7-30-22(13)34(11)24-16(39)14(37)10(4-35)42-24/h6-10,14-18,23-24,35-40H,3-5H2,(H2,25,27,29)(H2,26,28,30)/t9?,10-,14?,15?,16?,17?,18-,23-,24-/m1/s1. The van der Waals surface area contributed by atoms with Crippen LogP contribution in [0.15, 0.2) is 19.0 Å². The van der Waals surface area contributed by atoms with E-state index in [-0.39, 0.29) is 47.5 Å². The normalized spacial score (nSPS) is 29.7. The molecule has 6 rings (SSSR count). The molecule has 0 radical (unpaired) electrons. The van der Waals surface area contributed by atoms with Gasteiger partial charge in [-0.3, -0.25) is 9.13 Å². The lowest BCUT2D eigenvalue weighted by molar-refractivity contribution is -0.103. The van der Waals surface area contributed by atoms with Crippen LogP contribution in [-0.4, -0.2) is 132 Å². The molecule has 2 aliphatic rings. The highest BCUT2D eigenvalue weighted by molar-refractivity contribution is 5.82. The molecule has 0 aliphatic carbocycles. The Kier molecular flexibility index (Phi) is 7.77. The van der Waals surface area contributed by atoms with Gasteiger partial charge < -0.3 is 56.3 Å². The van der Waals surface area contributed by atoms with Gasteiger partial charge in [-0.2, -0.15) is 0 Å². The van der Waals surface area contributed by atoms with Crippen molar-refractivity contribution in [1.29, 1.82) is 0 Å². The number of rotatable bonds is 7. The number of hydrogen-bond acceptors (Lipinski definition) is 17. The molecule has 43 heavy (non-hydrogen) atoms. The Labute approximate surface area is 241 Å². The Morgan fingerprint density at radius 2 is 1.58 bits per heavy atom. The highest BCUT2D eigenvalue weighted by atomic mass is 16.6. The van der Waals surface area contributed by atoms with Crippen LogP contribution in [-0.2, 0) is 14.2 Å². The van der Waals surface area contributed by atoms with E-state index < -0.39 is 61.8 Å². The van der Waals surface area contributed by atoms with Crippen molar-refractivity contribution in [3.05, 3.63) is 24.8 Å². The Morgan fingerprint density at radius 1 is 0.884 bits per heavy atom. The number of ether oxygens (including phenoxy) is 3. The molecular weight excluding hydrogens is 572 g/mol. The van der Waals surface area contributed by atoms with E-state index in [0.29, 0.717) is 5.52 Å². The molecule has 19 nitrogen and oxygen atoms in total. The van der Waals surface area contributed by atoms with Gasteiger partial charge in [0, 0.05) is 0 Å². The van der Waals surface area contributed by atoms with Gasteiger partial charge in [-0.1, -0.05) is 5.92 Å². The second-order valence-electron chi connectivity index (χ2n) is 9.91. The van der Waals surface area contributed by atoms with Gasteiger partial charge in [0.2, 0.25) is 0 Å². The van der Waals surface area contributed by atoms with Gasteiger partial charge in [0.1, 0.15) is 67.5 Å². The van der Waals surface area contributed by atoms with Gasteiger partial charge in [-0.15, -0.1) is 0 Å². The van der Waals surface area contributed by atoms with E-state index in [1.165, 1.54) is 28.1 Å². The van der Waals surface area contributed by atoms with Crippen LogP contribution in [0.25, 0.3) is 22.3 Å². The fourth-order valence-electron chi connectivity index (χ4n) is 5.08. The predicted molar refractivity (Wildman–Crippen MR) is 142 cm³/mol. The van der Waals surface area contributed by atoms with Crippen LogP contribution in [0, 0.1) is 11.8 Å². The van der Waals surface area contributed by atoms with Gasteiger partial charge in [-0.25, -0.2) is 29.9 Å². The average Bonchev–Trinajstić information content (AvgIpc) is 3.73. The molecule has 0 spiro atoms. The summed E-state index contributed by atoms with van der Waals surface area (Å²) in [6.45, 7) is -1.07. The van der Waals surface area contributed by atoms with Crippen LogP contribution in [0.3, 0.4) is 0 Å². The summed E-state index contributed by atoms with van der Waals surface area (Å²) in [4.78, 5) is 24.5. The molecule has 6 heterocycles. The van der Waals surface area contributed by atoms with Crippen molar-refractivity contribution in [2.45, 2.75) is 55.2 Å². The van der Waals surface area contributed by atoms with Crippen molar-refractivity contribution in [1.82, 2.24) is 39.0 Å². The molecule has 9 atom stereocenters. The largest absolute Gasteiger partial charge is 0.394 e. The zero-order valence-corrected chi connectivity index (χ0v) is 22.2. The van der Waals surface area contributed by atoms with Crippen LogP contribution in [0.4, 0.5) is 11.6 Å². The summed E-state index contributed by atoms with van der Waals surface area (Å²) in [7, 11) is 0. The maximum absolute atomic E-state index is 10.7. The highest BCUT2D eigenvalue weighted by Crippen LogP contribution is 2.34. The highest BCUT2D eigenvalue weighted by Gasteiger charge is 2.47. The Balaban J connectivity index is 1.13. The van der Waals surface area contributed by atoms with Crippen molar-refractivity contribution in [2.24, 2.45) is 0 Å². The molecule has 10 N–H and O–H groups in total. The number of nitrogen functional groups attached to an aromatic ring is 2. The maximum atomic E-state index is 10.7. The van der Waals surface area contributed by atoms with Crippen molar-refractivity contribution < 1.29 is 44.8 Å². The molecular formula is C24H28N10O9. The van der Waals surface area contributed by atoms with Gasteiger partial charge in [0.25, 0.3) is 0 Å². The van der Waals surface area contributed by atoms with Gasteiger partial charge in [0.15, 0.2) is 46.7 Å². The van der Waals surface area contributed by atoms with E-state index in [9.17, 15) is 30.6 Å². The Morgan fingerprint density at radius 3 is 2.30 bits per heavy atom. The zero-order chi connectivity index (χ0) is 30.4. The number of imidazole rings is 2. The minimum atomic E-state index is -1.46. The third-order valence-electron chi connectivity index (χ3n) is 7.26. The lowest BCUT2D eigenvalue weighted by Crippen LogP contribution is -2.41. The third-order valence-corrected chi connectivity index (χ3v) is 7.26. The SMILES string of the molecule is Nc1ncnc2c1ncn2[C@@H]1O[C@H](C(O)COCC#Cc2nc3c(N)ncnc3n2[C@@H]2O[C@H](CO)C(O)C2O)C(O)C1O. The minimum Gasteiger partial charge on any atom is -0.394 e. The van der Waals surface area contributed by atoms with E-state index in [4.69, 9.17) is 25.7 Å². The van der Waals surface area contributed by atoms with E-state index in [2.05, 4.69) is 41.7 Å². The molecule has 2 saturated heterocycles. The molecule has 2 aliphatic heterocycles. The van der Waals surface area contributed by atoms with Gasteiger partial charge in [0.05, 0.1) is 19.5 Å². The first-order valence-corrected chi connectivity index (χ1v) is 13.0. The predicted octanol–water partition coefficient (Wildman–Crippen LogP) is -4.21. The quantitative estimate of drug-likeness (QED) is 0.0736. The van der Waals surface area contributed by atoms with Crippen molar-refractivity contribution in [3.63, 3.8) is 0 Å². The van der Waals surface area contributed by atoms with Gasteiger partial charge in [-0.05, 0) is 5.92 Å². The monoisotopic (exact) mass is 600 g/mol.